The fourth-order valence-corrected chi connectivity index (χ4v) is 3.86. The number of hydrogen-bond donors (Lipinski definition) is 1. The molecule has 0 aliphatic heterocycles. The molecule has 0 aliphatic carbocycles. The van der Waals surface area contributed by atoms with Gasteiger partial charge in [0.2, 0.25) is 0 Å². The third-order valence-corrected chi connectivity index (χ3v) is 4.99. The molecule has 0 radical (unpaired) electrons. The number of aromatic hydroxyl groups is 1. The number of benzene rings is 2. The van der Waals surface area contributed by atoms with Crippen LogP contribution in [0, 0.1) is 0 Å². The van der Waals surface area contributed by atoms with Gasteiger partial charge in [-0.05, 0) is 0 Å². The molecule has 2 aromatic carbocycles. The quantitative estimate of drug-likeness (QED) is 0.613. The number of methoxy groups -OCH3 is 4. The van der Waals surface area contributed by atoms with E-state index in [0.29, 0.717) is 34.4 Å². The first kappa shape index (κ1) is 18.1. The van der Waals surface area contributed by atoms with Crippen molar-refractivity contribution in [1.82, 2.24) is 7.96 Å². The number of hydrogen-bond acceptors (Lipinski definition) is 7. The Morgan fingerprint density at radius 3 is 1.81 bits per heavy atom. The molecule has 0 atom stereocenters. The van der Waals surface area contributed by atoms with E-state index in [1.54, 1.807) is 33.5 Å². The van der Waals surface area contributed by atoms with E-state index >= 15 is 0 Å². The Morgan fingerprint density at radius 1 is 0.731 bits per heavy atom. The molecular weight excluding hydrogens is 403 g/mol. The average molecular weight is 421 g/mol. The normalized spacial score (nSPS) is 10.5. The molecule has 0 bridgehead atoms. The Morgan fingerprint density at radius 2 is 1.31 bits per heavy atom. The predicted octanol–water partition coefficient (Wildman–Crippen LogP) is 2.61. The zero-order valence-electron chi connectivity index (χ0n) is 14.8. The topological polar surface area (TPSA) is 82.9 Å². The summed E-state index contributed by atoms with van der Waals surface area (Å²) in [7, 11) is 6.20. The van der Waals surface area contributed by atoms with Crippen molar-refractivity contribution in [2.45, 2.75) is 0 Å². The number of aromatic nitrogens is 2. The number of phenolic OH excluding ortho intramolecular Hbond substituents is 1. The molecule has 0 saturated heterocycles. The molecule has 0 amide bonds. The average Bonchev–Trinajstić information content (AvgIpc) is 3.16. The summed E-state index contributed by atoms with van der Waals surface area (Å²) in [5, 5.41) is 10.1. The zero-order chi connectivity index (χ0) is 18.7. The Kier molecular flexibility index (Phi) is 5.35. The fraction of sp³-hybridized carbons (Fsp3) is 0.222. The first-order valence-electron chi connectivity index (χ1n) is 7.63. The minimum absolute atomic E-state index is 0.0522. The Bertz CT molecular complexity index is 901. The van der Waals surface area contributed by atoms with Crippen molar-refractivity contribution in [3.63, 3.8) is 0 Å². The molecule has 0 saturated carbocycles. The maximum atomic E-state index is 10.1. The number of phenols is 1. The second kappa shape index (κ2) is 7.68. The van der Waals surface area contributed by atoms with Crippen LogP contribution in [0.4, 0.5) is 0 Å². The van der Waals surface area contributed by atoms with Gasteiger partial charge in [-0.15, -0.1) is 0 Å². The van der Waals surface area contributed by atoms with Crippen LogP contribution in [-0.4, -0.2) is 56.5 Å². The zero-order valence-corrected chi connectivity index (χ0v) is 16.5. The molecule has 1 heterocycles. The van der Waals surface area contributed by atoms with Crippen LogP contribution in [0.3, 0.4) is 0 Å². The van der Waals surface area contributed by atoms with E-state index in [-0.39, 0.29) is 20.7 Å². The molecule has 0 fully saturated rings. The minimum atomic E-state index is -0.263. The molecule has 136 valence electrons. The fourth-order valence-electron chi connectivity index (χ4n) is 2.62. The van der Waals surface area contributed by atoms with Gasteiger partial charge in [0.05, 0.1) is 0 Å². The van der Waals surface area contributed by atoms with Crippen LogP contribution in [0.5, 0.6) is 28.7 Å². The summed E-state index contributed by atoms with van der Waals surface area (Å²) in [5.74, 6) is 2.06. The molecule has 0 spiro atoms. The van der Waals surface area contributed by atoms with E-state index < -0.39 is 0 Å². The second-order valence-electron chi connectivity index (χ2n) is 5.26. The summed E-state index contributed by atoms with van der Waals surface area (Å²) in [6.07, 6.45) is 0. The van der Waals surface area contributed by atoms with Crippen LogP contribution in [0.2, 0.25) is 0 Å². The van der Waals surface area contributed by atoms with Crippen molar-refractivity contribution in [3.8, 4) is 51.3 Å². The molecule has 1 aromatic heterocycles. The number of rotatable bonds is 6. The van der Waals surface area contributed by atoms with Crippen molar-refractivity contribution < 1.29 is 24.1 Å². The van der Waals surface area contributed by atoms with Crippen LogP contribution in [0.1, 0.15) is 0 Å². The third kappa shape index (κ3) is 3.21. The summed E-state index contributed by atoms with van der Waals surface area (Å²) in [4.78, 5) is 0. The molecule has 3 rings (SSSR count). The van der Waals surface area contributed by atoms with Gasteiger partial charge in [0.15, 0.2) is 0 Å². The SMILES string of the molecule is COc1ccc(-c2n[se]nc2-c2cc(OC)c(OC)c(OC)c2)cc1O. The standard InChI is InChI=1S/C18H18N2O5Se/c1-22-13-6-5-10(7-12(13)21)16-17(20-26-19-16)11-8-14(23-2)18(25-4)15(9-11)24-3/h5-9,21H,1-4H3. The summed E-state index contributed by atoms with van der Waals surface area (Å²) < 4.78 is 30.4. The Hall–Kier alpha value is -2.70. The third-order valence-electron chi connectivity index (χ3n) is 3.88. The second-order valence-corrected chi connectivity index (χ2v) is 6.37. The molecule has 7 nitrogen and oxygen atoms in total. The summed E-state index contributed by atoms with van der Waals surface area (Å²) in [6, 6.07) is 8.82. The molecule has 0 aliphatic rings. The van der Waals surface area contributed by atoms with E-state index in [2.05, 4.69) is 7.96 Å². The van der Waals surface area contributed by atoms with Gasteiger partial charge in [0.25, 0.3) is 0 Å². The molecular formula is C18H18N2O5Se. The van der Waals surface area contributed by atoms with Gasteiger partial charge >= 0.3 is 157 Å². The van der Waals surface area contributed by atoms with E-state index in [9.17, 15) is 5.11 Å². The van der Waals surface area contributed by atoms with E-state index in [1.165, 1.54) is 7.11 Å². The molecule has 26 heavy (non-hydrogen) atoms. The number of nitrogens with zero attached hydrogens (tertiary/aromatic N) is 2. The van der Waals surface area contributed by atoms with E-state index in [4.69, 9.17) is 18.9 Å². The molecule has 1 N–H and O–H groups in total. The van der Waals surface area contributed by atoms with Crippen molar-refractivity contribution in [3.05, 3.63) is 30.3 Å². The summed E-state index contributed by atoms with van der Waals surface area (Å²) in [5.41, 5.74) is 2.98. The van der Waals surface area contributed by atoms with E-state index in [1.807, 2.05) is 18.2 Å². The predicted molar refractivity (Wildman–Crippen MR) is 97.7 cm³/mol. The van der Waals surface area contributed by atoms with Crippen LogP contribution in [0.15, 0.2) is 30.3 Å². The van der Waals surface area contributed by atoms with Gasteiger partial charge in [-0.2, -0.15) is 0 Å². The van der Waals surface area contributed by atoms with Crippen LogP contribution < -0.4 is 18.9 Å². The summed E-state index contributed by atoms with van der Waals surface area (Å²) >= 11 is -0.263. The van der Waals surface area contributed by atoms with Crippen LogP contribution in [0.25, 0.3) is 22.5 Å². The van der Waals surface area contributed by atoms with E-state index in [0.717, 1.165) is 11.1 Å². The first-order valence-corrected chi connectivity index (χ1v) is 9.16. The molecule has 3 aromatic rings. The Balaban J connectivity index is 2.13. The monoisotopic (exact) mass is 422 g/mol. The van der Waals surface area contributed by atoms with Crippen molar-refractivity contribution in [1.29, 1.82) is 0 Å². The van der Waals surface area contributed by atoms with Crippen LogP contribution >= 0.6 is 0 Å². The Labute approximate surface area is 157 Å². The molecule has 8 heteroatoms. The van der Waals surface area contributed by atoms with Gasteiger partial charge in [0, 0.05) is 0 Å². The van der Waals surface area contributed by atoms with Crippen molar-refractivity contribution in [2.24, 2.45) is 0 Å². The first-order chi connectivity index (χ1) is 12.6. The van der Waals surface area contributed by atoms with Crippen molar-refractivity contribution >= 4 is 15.0 Å². The molecule has 0 unspecified atom stereocenters. The number of ether oxygens (including phenoxy) is 4. The van der Waals surface area contributed by atoms with Crippen molar-refractivity contribution in [2.75, 3.05) is 28.4 Å². The maximum absolute atomic E-state index is 10.1. The van der Waals surface area contributed by atoms with Gasteiger partial charge in [-0.1, -0.05) is 0 Å². The van der Waals surface area contributed by atoms with Gasteiger partial charge in [0.1, 0.15) is 0 Å². The van der Waals surface area contributed by atoms with Gasteiger partial charge in [-0.3, -0.25) is 0 Å². The van der Waals surface area contributed by atoms with Crippen LogP contribution in [-0.2, 0) is 0 Å². The summed E-state index contributed by atoms with van der Waals surface area (Å²) in [6.45, 7) is 0. The van der Waals surface area contributed by atoms with Gasteiger partial charge in [-0.25, -0.2) is 0 Å². The van der Waals surface area contributed by atoms with Gasteiger partial charge < -0.3 is 0 Å².